The Morgan fingerprint density at radius 1 is 0.606 bits per heavy atom. The normalized spacial score (nSPS) is 19.7. The number of rotatable bonds is 5. The molecule has 5 heteroatoms. The molecular formula is C28H30OS4. The maximum absolute atomic E-state index is 5.45. The van der Waals surface area contributed by atoms with E-state index in [1.54, 1.807) is 7.11 Å². The van der Waals surface area contributed by atoms with Crippen LogP contribution in [0.15, 0.2) is 72.8 Å². The monoisotopic (exact) mass is 510 g/mol. The Balaban J connectivity index is 1.61. The minimum Gasteiger partial charge on any atom is -0.497 e. The van der Waals surface area contributed by atoms with Gasteiger partial charge in [-0.1, -0.05) is 66.2 Å². The molecule has 0 aromatic heterocycles. The maximum Gasteiger partial charge on any atom is 0.118 e. The van der Waals surface area contributed by atoms with Crippen molar-refractivity contribution < 1.29 is 4.74 Å². The highest BCUT2D eigenvalue weighted by Crippen LogP contribution is 2.58. The van der Waals surface area contributed by atoms with Crippen molar-refractivity contribution in [2.24, 2.45) is 0 Å². The van der Waals surface area contributed by atoms with E-state index in [0.717, 1.165) is 5.75 Å². The smallest absolute Gasteiger partial charge is 0.118 e. The Bertz CT molecular complexity index is 1070. The van der Waals surface area contributed by atoms with Crippen LogP contribution in [0.2, 0.25) is 0 Å². The van der Waals surface area contributed by atoms with Gasteiger partial charge >= 0.3 is 0 Å². The van der Waals surface area contributed by atoms with Gasteiger partial charge in [-0.2, -0.15) is 0 Å². The maximum atomic E-state index is 5.45. The predicted octanol–water partition coefficient (Wildman–Crippen LogP) is 8.15. The number of ether oxygens (including phenoxy) is 1. The molecule has 0 atom stereocenters. The van der Waals surface area contributed by atoms with Gasteiger partial charge in [-0.05, 0) is 77.2 Å². The van der Waals surface area contributed by atoms with Crippen LogP contribution >= 0.6 is 47.0 Å². The number of methoxy groups -OCH3 is 1. The van der Waals surface area contributed by atoms with Crippen molar-refractivity contribution >= 4 is 47.0 Å². The highest BCUT2D eigenvalue weighted by Gasteiger charge is 2.41. The van der Waals surface area contributed by atoms with Gasteiger partial charge in [0.2, 0.25) is 0 Å². The quantitative estimate of drug-likeness (QED) is 0.341. The van der Waals surface area contributed by atoms with Crippen LogP contribution < -0.4 is 4.74 Å². The molecule has 0 aliphatic carbocycles. The minimum atomic E-state index is -0.0704. The summed E-state index contributed by atoms with van der Waals surface area (Å²) in [4.78, 5) is 0. The molecule has 0 amide bonds. The van der Waals surface area contributed by atoms with E-state index < -0.39 is 0 Å². The first-order chi connectivity index (χ1) is 16.2. The molecule has 172 valence electrons. The summed E-state index contributed by atoms with van der Waals surface area (Å²) in [5, 5.41) is 0. The van der Waals surface area contributed by atoms with Crippen LogP contribution in [0.1, 0.15) is 40.7 Å². The summed E-state index contributed by atoms with van der Waals surface area (Å²) >= 11 is 8.40. The van der Waals surface area contributed by atoms with Gasteiger partial charge in [0.1, 0.15) is 13.9 Å². The van der Waals surface area contributed by atoms with Crippen molar-refractivity contribution in [1.29, 1.82) is 0 Å². The molecule has 2 saturated heterocycles. The first-order valence-electron chi connectivity index (χ1n) is 11.5. The zero-order valence-electron chi connectivity index (χ0n) is 19.2. The van der Waals surface area contributed by atoms with Gasteiger partial charge in [-0.3, -0.25) is 0 Å². The molecule has 5 rings (SSSR count). The third kappa shape index (κ3) is 4.59. The lowest BCUT2D eigenvalue weighted by atomic mass is 9.97. The number of hydrogen-bond acceptors (Lipinski definition) is 5. The van der Waals surface area contributed by atoms with Crippen molar-refractivity contribution in [2.75, 3.05) is 30.1 Å². The Morgan fingerprint density at radius 3 is 1.52 bits per heavy atom. The van der Waals surface area contributed by atoms with Crippen LogP contribution in [-0.4, -0.2) is 30.1 Å². The van der Waals surface area contributed by atoms with E-state index >= 15 is 0 Å². The Labute approximate surface area is 215 Å². The number of hydrogen-bond donors (Lipinski definition) is 0. The second kappa shape index (κ2) is 10.2. The molecule has 2 heterocycles. The van der Waals surface area contributed by atoms with E-state index in [-0.39, 0.29) is 8.16 Å². The number of aryl methyl sites for hydroxylation is 1. The van der Waals surface area contributed by atoms with E-state index in [0.29, 0.717) is 0 Å². The lowest BCUT2D eigenvalue weighted by Gasteiger charge is -2.40. The van der Waals surface area contributed by atoms with E-state index in [4.69, 9.17) is 4.74 Å². The summed E-state index contributed by atoms with van der Waals surface area (Å²) in [7, 11) is 1.74. The fraction of sp³-hybridized carbons (Fsp3) is 0.357. The molecule has 2 aliphatic rings. The van der Waals surface area contributed by atoms with Crippen LogP contribution in [0.5, 0.6) is 5.75 Å². The Morgan fingerprint density at radius 2 is 1.06 bits per heavy atom. The van der Waals surface area contributed by atoms with Crippen molar-refractivity contribution in [3.05, 3.63) is 101 Å². The van der Waals surface area contributed by atoms with Crippen LogP contribution in [0, 0.1) is 6.92 Å². The topological polar surface area (TPSA) is 9.23 Å². The van der Waals surface area contributed by atoms with Crippen molar-refractivity contribution in [3.8, 4) is 5.75 Å². The molecule has 3 aromatic rings. The summed E-state index contributed by atoms with van der Waals surface area (Å²) in [5.74, 6) is 5.71. The van der Waals surface area contributed by atoms with Gasteiger partial charge in [0, 0.05) is 0 Å². The third-order valence-electron chi connectivity index (χ3n) is 6.32. The lowest BCUT2D eigenvalue weighted by Crippen LogP contribution is -2.27. The summed E-state index contributed by atoms with van der Waals surface area (Å²) in [6, 6.07) is 27.5. The van der Waals surface area contributed by atoms with Gasteiger partial charge in [-0.25, -0.2) is 0 Å². The molecular weight excluding hydrogens is 481 g/mol. The van der Waals surface area contributed by atoms with Gasteiger partial charge < -0.3 is 4.74 Å². The van der Waals surface area contributed by atoms with Crippen LogP contribution in [0.25, 0.3) is 0 Å². The zero-order chi connectivity index (χ0) is 22.7. The molecule has 3 aromatic carbocycles. The second-order valence-electron chi connectivity index (χ2n) is 8.51. The summed E-state index contributed by atoms with van der Waals surface area (Å²) in [6.45, 7) is 2.17. The molecule has 0 radical (unpaired) electrons. The van der Waals surface area contributed by atoms with Crippen molar-refractivity contribution in [3.63, 3.8) is 0 Å². The second-order valence-corrected chi connectivity index (χ2v) is 14.3. The standard InChI is InChI=1S/C28H30OS4/c1-21-8-10-22(11-9-21)27(30-16-4-17-31-27)24-6-3-7-25(20-24)28(32-18-5-19-33-28)23-12-14-26(29-2)15-13-23/h3,6-15,20H,4-5,16-19H2,1-2H3. The average Bonchev–Trinajstić information content (AvgIpc) is 2.90. The minimum absolute atomic E-state index is 0.0347. The SMILES string of the molecule is COc1ccc(C2(c3cccc(C4(c5ccc(C)cc5)SCCCS4)c3)SCCCS2)cc1. The Hall–Kier alpha value is -1.14. The Kier molecular flexibility index (Phi) is 7.31. The van der Waals surface area contributed by atoms with Crippen LogP contribution in [0.4, 0.5) is 0 Å². The van der Waals surface area contributed by atoms with Gasteiger partial charge in [0.25, 0.3) is 0 Å². The first-order valence-corrected chi connectivity index (χ1v) is 15.5. The molecule has 0 unspecified atom stereocenters. The van der Waals surface area contributed by atoms with E-state index in [2.05, 4.69) is 127 Å². The molecule has 0 bridgehead atoms. The summed E-state index contributed by atoms with van der Waals surface area (Å²) < 4.78 is 5.34. The molecule has 1 nitrogen and oxygen atoms in total. The van der Waals surface area contributed by atoms with Gasteiger partial charge in [0.15, 0.2) is 0 Å². The zero-order valence-corrected chi connectivity index (χ0v) is 22.5. The van der Waals surface area contributed by atoms with Gasteiger partial charge in [-0.15, -0.1) is 47.0 Å². The summed E-state index contributed by atoms with van der Waals surface area (Å²) in [6.07, 6.45) is 2.55. The summed E-state index contributed by atoms with van der Waals surface area (Å²) in [5.41, 5.74) is 6.95. The predicted molar refractivity (Wildman–Crippen MR) is 151 cm³/mol. The van der Waals surface area contributed by atoms with Crippen molar-refractivity contribution in [1.82, 2.24) is 0 Å². The number of thioether (sulfide) groups is 4. The molecule has 2 fully saturated rings. The number of benzene rings is 3. The fourth-order valence-corrected chi connectivity index (χ4v) is 11.3. The van der Waals surface area contributed by atoms with Crippen LogP contribution in [0.3, 0.4) is 0 Å². The lowest BCUT2D eigenvalue weighted by molar-refractivity contribution is 0.414. The van der Waals surface area contributed by atoms with Crippen molar-refractivity contribution in [2.45, 2.75) is 27.9 Å². The third-order valence-corrected chi connectivity index (χ3v) is 13.2. The average molecular weight is 511 g/mol. The molecule has 0 N–H and O–H groups in total. The van der Waals surface area contributed by atoms with Gasteiger partial charge in [0.05, 0.1) is 7.11 Å². The largest absolute Gasteiger partial charge is 0.497 e. The molecule has 0 spiro atoms. The van der Waals surface area contributed by atoms with E-state index in [1.807, 2.05) is 0 Å². The first kappa shape index (κ1) is 23.6. The highest BCUT2D eigenvalue weighted by molar-refractivity contribution is 8.18. The fourth-order valence-electron chi connectivity index (χ4n) is 4.58. The van der Waals surface area contributed by atoms with E-state index in [1.165, 1.54) is 63.7 Å². The van der Waals surface area contributed by atoms with E-state index in [9.17, 15) is 0 Å². The molecule has 0 saturated carbocycles. The molecule has 2 aliphatic heterocycles. The van der Waals surface area contributed by atoms with Crippen LogP contribution in [-0.2, 0) is 8.16 Å². The molecule has 33 heavy (non-hydrogen) atoms. The highest BCUT2D eigenvalue weighted by atomic mass is 32.2.